The van der Waals surface area contributed by atoms with Gasteiger partial charge in [0, 0.05) is 24.7 Å². The van der Waals surface area contributed by atoms with E-state index in [1.54, 1.807) is 6.20 Å². The van der Waals surface area contributed by atoms with E-state index in [-0.39, 0.29) is 11.9 Å². The molecule has 0 bridgehead atoms. The molecule has 5 nitrogen and oxygen atoms in total. The molecule has 1 aliphatic rings. The number of benzene rings is 1. The van der Waals surface area contributed by atoms with Gasteiger partial charge in [-0.3, -0.25) is 4.79 Å². The van der Waals surface area contributed by atoms with Gasteiger partial charge in [0.05, 0.1) is 22.8 Å². The molecule has 2 heterocycles. The lowest BCUT2D eigenvalue weighted by Gasteiger charge is -2.23. The van der Waals surface area contributed by atoms with Crippen molar-refractivity contribution in [1.82, 2.24) is 19.7 Å². The number of carbonyl (C=O) groups excluding carboxylic acids is 1. The predicted molar refractivity (Wildman–Crippen MR) is 112 cm³/mol. The van der Waals surface area contributed by atoms with E-state index >= 15 is 0 Å². The zero-order valence-electron chi connectivity index (χ0n) is 16.9. The van der Waals surface area contributed by atoms with Crippen molar-refractivity contribution in [2.75, 3.05) is 13.1 Å². The van der Waals surface area contributed by atoms with Gasteiger partial charge in [-0.15, -0.1) is 0 Å². The first-order valence-electron chi connectivity index (χ1n) is 10.3. The minimum Gasteiger partial charge on any atom is -0.338 e. The van der Waals surface area contributed by atoms with Crippen molar-refractivity contribution in [3.05, 3.63) is 48.2 Å². The monoisotopic (exact) mass is 376 g/mol. The molecule has 1 aromatic carbocycles. The Bertz CT molecular complexity index is 973. The molecule has 0 radical (unpaired) electrons. The van der Waals surface area contributed by atoms with Crippen molar-refractivity contribution in [2.45, 2.75) is 46.1 Å². The van der Waals surface area contributed by atoms with Gasteiger partial charge in [0.2, 0.25) is 0 Å². The smallest absolute Gasteiger partial charge is 0.254 e. The summed E-state index contributed by atoms with van der Waals surface area (Å²) in [5.41, 5.74) is 3.33. The number of hydrogen-bond acceptors (Lipinski definition) is 3. The summed E-state index contributed by atoms with van der Waals surface area (Å²) < 4.78 is 1.91. The van der Waals surface area contributed by atoms with Crippen LogP contribution in [0.2, 0.25) is 0 Å². The molecule has 4 rings (SSSR count). The molecule has 146 valence electrons. The molecule has 28 heavy (non-hydrogen) atoms. The summed E-state index contributed by atoms with van der Waals surface area (Å²) in [5, 5.41) is 5.38. The molecule has 0 spiro atoms. The quantitative estimate of drug-likeness (QED) is 0.587. The number of pyridine rings is 1. The van der Waals surface area contributed by atoms with Crippen LogP contribution in [0.3, 0.4) is 0 Å². The molecule has 1 amide bonds. The first kappa shape index (κ1) is 18.7. The van der Waals surface area contributed by atoms with Crippen LogP contribution in [0.25, 0.3) is 22.3 Å². The summed E-state index contributed by atoms with van der Waals surface area (Å²) in [6.45, 7) is 7.94. The van der Waals surface area contributed by atoms with Gasteiger partial charge in [0.25, 0.3) is 5.91 Å². The molecular formula is C23H28N4O. The highest BCUT2D eigenvalue weighted by molar-refractivity contribution is 6.06. The van der Waals surface area contributed by atoms with Gasteiger partial charge in [-0.1, -0.05) is 37.3 Å². The standard InChI is InChI=1S/C23H28N4O/c1-4-12-26(15-17-10-11-17)23(28)19-13-21(18-8-6-5-7-9-18)25-22-20(19)14-24-27(22)16(2)3/h5-9,13-14,16-17H,4,10-12,15H2,1-3H3. The Morgan fingerprint density at radius 1 is 1.25 bits per heavy atom. The first-order valence-corrected chi connectivity index (χ1v) is 10.3. The van der Waals surface area contributed by atoms with Crippen molar-refractivity contribution in [2.24, 2.45) is 5.92 Å². The van der Waals surface area contributed by atoms with Gasteiger partial charge in [-0.25, -0.2) is 9.67 Å². The van der Waals surface area contributed by atoms with E-state index in [1.807, 2.05) is 46.0 Å². The van der Waals surface area contributed by atoms with Crippen LogP contribution in [0.15, 0.2) is 42.6 Å². The van der Waals surface area contributed by atoms with E-state index in [2.05, 4.69) is 25.9 Å². The highest BCUT2D eigenvalue weighted by atomic mass is 16.2. The second-order valence-electron chi connectivity index (χ2n) is 8.04. The molecule has 0 N–H and O–H groups in total. The lowest BCUT2D eigenvalue weighted by molar-refractivity contribution is 0.0749. The van der Waals surface area contributed by atoms with Gasteiger partial charge in [0.1, 0.15) is 0 Å². The van der Waals surface area contributed by atoms with E-state index in [4.69, 9.17) is 4.98 Å². The fourth-order valence-corrected chi connectivity index (χ4v) is 3.66. The Labute approximate surface area is 166 Å². The molecule has 3 aromatic rings. The SMILES string of the molecule is CCCN(CC1CC1)C(=O)c1cc(-c2ccccc2)nc2c1cnn2C(C)C. The van der Waals surface area contributed by atoms with Gasteiger partial charge in [-0.05, 0) is 45.1 Å². The van der Waals surface area contributed by atoms with Crippen molar-refractivity contribution >= 4 is 16.9 Å². The van der Waals surface area contributed by atoms with Crippen molar-refractivity contribution in [3.63, 3.8) is 0 Å². The molecule has 0 saturated heterocycles. The highest BCUT2D eigenvalue weighted by Crippen LogP contribution is 2.32. The maximum Gasteiger partial charge on any atom is 0.254 e. The number of fused-ring (bicyclic) bond motifs is 1. The topological polar surface area (TPSA) is 51.0 Å². The highest BCUT2D eigenvalue weighted by Gasteiger charge is 2.28. The van der Waals surface area contributed by atoms with Gasteiger partial charge < -0.3 is 4.90 Å². The third-order valence-corrected chi connectivity index (χ3v) is 5.31. The van der Waals surface area contributed by atoms with Crippen molar-refractivity contribution < 1.29 is 4.79 Å². The first-order chi connectivity index (χ1) is 13.6. The molecule has 0 atom stereocenters. The summed E-state index contributed by atoms with van der Waals surface area (Å²) in [4.78, 5) is 20.4. The number of nitrogens with zero attached hydrogens (tertiary/aromatic N) is 4. The van der Waals surface area contributed by atoms with E-state index in [0.29, 0.717) is 11.5 Å². The number of carbonyl (C=O) groups is 1. The molecule has 5 heteroatoms. The summed E-state index contributed by atoms with van der Waals surface area (Å²) in [5.74, 6) is 0.765. The van der Waals surface area contributed by atoms with Crippen LogP contribution in [-0.2, 0) is 0 Å². The van der Waals surface area contributed by atoms with Crippen molar-refractivity contribution in [1.29, 1.82) is 0 Å². The zero-order chi connectivity index (χ0) is 19.7. The molecule has 0 unspecified atom stereocenters. The number of hydrogen-bond donors (Lipinski definition) is 0. The summed E-state index contributed by atoms with van der Waals surface area (Å²) in [6, 6.07) is 12.2. The van der Waals surface area contributed by atoms with Gasteiger partial charge >= 0.3 is 0 Å². The van der Waals surface area contributed by atoms with Gasteiger partial charge in [-0.2, -0.15) is 5.10 Å². The normalized spacial score (nSPS) is 14.0. The summed E-state index contributed by atoms with van der Waals surface area (Å²) >= 11 is 0. The van der Waals surface area contributed by atoms with Crippen LogP contribution >= 0.6 is 0 Å². The maximum atomic E-state index is 13.5. The summed E-state index contributed by atoms with van der Waals surface area (Å²) in [7, 11) is 0. The Kier molecular flexibility index (Phi) is 5.16. The Balaban J connectivity index is 1.84. The van der Waals surface area contributed by atoms with Crippen LogP contribution < -0.4 is 0 Å². The molecular weight excluding hydrogens is 348 g/mol. The van der Waals surface area contributed by atoms with E-state index in [1.165, 1.54) is 12.8 Å². The van der Waals surface area contributed by atoms with E-state index in [0.717, 1.165) is 41.8 Å². The lowest BCUT2D eigenvalue weighted by atomic mass is 10.1. The minimum absolute atomic E-state index is 0.0987. The molecule has 1 fully saturated rings. The van der Waals surface area contributed by atoms with Crippen LogP contribution in [0.4, 0.5) is 0 Å². The second-order valence-corrected chi connectivity index (χ2v) is 8.04. The largest absolute Gasteiger partial charge is 0.338 e. The molecule has 0 aliphatic heterocycles. The predicted octanol–water partition coefficient (Wildman–Crippen LogP) is 4.94. The van der Waals surface area contributed by atoms with Crippen LogP contribution in [0, 0.1) is 5.92 Å². The maximum absolute atomic E-state index is 13.5. The second kappa shape index (κ2) is 7.74. The molecule has 1 saturated carbocycles. The average molecular weight is 377 g/mol. The van der Waals surface area contributed by atoms with Crippen LogP contribution in [0.5, 0.6) is 0 Å². The minimum atomic E-state index is 0.0987. The zero-order valence-corrected chi connectivity index (χ0v) is 16.9. The van der Waals surface area contributed by atoms with E-state index < -0.39 is 0 Å². The van der Waals surface area contributed by atoms with Crippen LogP contribution in [-0.4, -0.2) is 38.7 Å². The fraction of sp³-hybridized carbons (Fsp3) is 0.435. The number of rotatable bonds is 7. The Morgan fingerprint density at radius 3 is 2.64 bits per heavy atom. The number of amides is 1. The lowest BCUT2D eigenvalue weighted by Crippen LogP contribution is -2.33. The third kappa shape index (κ3) is 3.66. The summed E-state index contributed by atoms with van der Waals surface area (Å²) in [6.07, 6.45) is 5.23. The van der Waals surface area contributed by atoms with Gasteiger partial charge in [0.15, 0.2) is 5.65 Å². The number of aromatic nitrogens is 3. The average Bonchev–Trinajstić information content (AvgIpc) is 3.42. The third-order valence-electron chi connectivity index (χ3n) is 5.31. The Hall–Kier alpha value is -2.69. The van der Waals surface area contributed by atoms with E-state index in [9.17, 15) is 4.79 Å². The van der Waals surface area contributed by atoms with Crippen LogP contribution in [0.1, 0.15) is 56.4 Å². The molecule has 2 aromatic heterocycles. The Morgan fingerprint density at radius 2 is 2.00 bits per heavy atom. The fourth-order valence-electron chi connectivity index (χ4n) is 3.66. The van der Waals surface area contributed by atoms with Crippen molar-refractivity contribution in [3.8, 4) is 11.3 Å². The molecule has 1 aliphatic carbocycles.